The Balaban J connectivity index is 1.49. The predicted molar refractivity (Wildman–Crippen MR) is 109 cm³/mol. The number of hydrogen-bond donors (Lipinski definition) is 2. The number of anilines is 2. The quantitative estimate of drug-likeness (QED) is 0.515. The second-order valence-electron chi connectivity index (χ2n) is 6.50. The highest BCUT2D eigenvalue weighted by Crippen LogP contribution is 2.19. The number of furan rings is 1. The summed E-state index contributed by atoms with van der Waals surface area (Å²) in [5.74, 6) is -0.899. The van der Waals surface area contributed by atoms with Gasteiger partial charge >= 0.3 is 0 Å². The van der Waals surface area contributed by atoms with E-state index in [0.717, 1.165) is 0 Å². The van der Waals surface area contributed by atoms with Crippen molar-refractivity contribution in [2.45, 2.75) is 6.92 Å². The van der Waals surface area contributed by atoms with Crippen molar-refractivity contribution in [1.29, 1.82) is 0 Å². The number of nitrogens with zero attached hydrogens (tertiary/aromatic N) is 2. The molecule has 150 valence electrons. The summed E-state index contributed by atoms with van der Waals surface area (Å²) >= 11 is 0. The summed E-state index contributed by atoms with van der Waals surface area (Å²) < 4.78 is 19.8. The van der Waals surface area contributed by atoms with Crippen LogP contribution in [0.25, 0.3) is 5.69 Å². The second kappa shape index (κ2) is 8.04. The number of nitrogens with one attached hydrogen (secondary N) is 2. The van der Waals surface area contributed by atoms with Crippen molar-refractivity contribution in [3.63, 3.8) is 0 Å². The van der Waals surface area contributed by atoms with Crippen molar-refractivity contribution < 1.29 is 18.4 Å². The van der Waals surface area contributed by atoms with E-state index in [9.17, 15) is 14.0 Å². The van der Waals surface area contributed by atoms with E-state index in [1.54, 1.807) is 60.1 Å². The van der Waals surface area contributed by atoms with Gasteiger partial charge in [-0.15, -0.1) is 0 Å². The monoisotopic (exact) mass is 404 g/mol. The molecule has 0 saturated heterocycles. The lowest BCUT2D eigenvalue weighted by atomic mass is 10.2. The molecule has 0 aliphatic rings. The van der Waals surface area contributed by atoms with Gasteiger partial charge in [0.2, 0.25) is 0 Å². The zero-order valence-electron chi connectivity index (χ0n) is 15.9. The topological polar surface area (TPSA) is 89.2 Å². The Bertz CT molecular complexity index is 1200. The molecule has 2 heterocycles. The number of carbonyl (C=O) groups excluding carboxylic acids is 2. The minimum Gasteiger partial charge on any atom is -0.459 e. The third-order valence-electron chi connectivity index (χ3n) is 4.45. The number of aromatic nitrogens is 2. The van der Waals surface area contributed by atoms with E-state index < -0.39 is 0 Å². The fourth-order valence-corrected chi connectivity index (χ4v) is 2.95. The number of carbonyl (C=O) groups is 2. The molecule has 4 aromatic rings. The molecule has 4 rings (SSSR count). The van der Waals surface area contributed by atoms with Crippen LogP contribution >= 0.6 is 0 Å². The van der Waals surface area contributed by atoms with Gasteiger partial charge in [-0.05, 0) is 61.5 Å². The van der Waals surface area contributed by atoms with E-state index in [0.29, 0.717) is 28.3 Å². The van der Waals surface area contributed by atoms with Gasteiger partial charge in [0.15, 0.2) is 5.76 Å². The van der Waals surface area contributed by atoms with Crippen LogP contribution in [0.3, 0.4) is 0 Å². The van der Waals surface area contributed by atoms with E-state index in [1.165, 1.54) is 24.6 Å². The van der Waals surface area contributed by atoms with Crippen LogP contribution in [0.15, 0.2) is 77.5 Å². The highest BCUT2D eigenvalue weighted by atomic mass is 19.1. The lowest BCUT2D eigenvalue weighted by molar-refractivity contribution is 0.0995. The zero-order chi connectivity index (χ0) is 21.1. The Kier molecular flexibility index (Phi) is 5.13. The van der Waals surface area contributed by atoms with Crippen molar-refractivity contribution in [3.05, 3.63) is 96.0 Å². The summed E-state index contributed by atoms with van der Waals surface area (Å²) in [5, 5.41) is 9.73. The minimum absolute atomic E-state index is 0.188. The highest BCUT2D eigenvalue weighted by Gasteiger charge is 2.16. The fourth-order valence-electron chi connectivity index (χ4n) is 2.95. The van der Waals surface area contributed by atoms with E-state index in [2.05, 4.69) is 15.7 Å². The summed E-state index contributed by atoms with van der Waals surface area (Å²) in [5.41, 5.74) is 2.65. The van der Waals surface area contributed by atoms with Gasteiger partial charge in [-0.1, -0.05) is 6.07 Å². The lowest BCUT2D eigenvalue weighted by Gasteiger charge is -2.09. The molecule has 0 spiro atoms. The van der Waals surface area contributed by atoms with E-state index in [1.807, 2.05) is 0 Å². The van der Waals surface area contributed by atoms with E-state index in [4.69, 9.17) is 4.42 Å². The van der Waals surface area contributed by atoms with Crippen LogP contribution in [-0.4, -0.2) is 21.6 Å². The van der Waals surface area contributed by atoms with Crippen LogP contribution in [0.5, 0.6) is 0 Å². The molecule has 0 saturated carbocycles. The summed E-state index contributed by atoms with van der Waals surface area (Å²) in [4.78, 5) is 24.8. The molecule has 7 nitrogen and oxygen atoms in total. The number of halogens is 1. The molecule has 0 bridgehead atoms. The first-order chi connectivity index (χ1) is 14.5. The first-order valence-electron chi connectivity index (χ1n) is 9.08. The largest absolute Gasteiger partial charge is 0.459 e. The maximum absolute atomic E-state index is 13.1. The zero-order valence-corrected chi connectivity index (χ0v) is 15.9. The van der Waals surface area contributed by atoms with Gasteiger partial charge in [0, 0.05) is 11.4 Å². The molecule has 0 aliphatic carbocycles. The Morgan fingerprint density at radius 1 is 0.967 bits per heavy atom. The van der Waals surface area contributed by atoms with Crippen LogP contribution in [0.1, 0.15) is 26.6 Å². The van der Waals surface area contributed by atoms with Gasteiger partial charge in [-0.3, -0.25) is 9.59 Å². The van der Waals surface area contributed by atoms with Crippen LogP contribution in [0, 0.1) is 12.7 Å². The van der Waals surface area contributed by atoms with Gasteiger partial charge in [-0.2, -0.15) is 5.10 Å². The average Bonchev–Trinajstić information content (AvgIpc) is 3.39. The third-order valence-corrected chi connectivity index (χ3v) is 4.45. The second-order valence-corrected chi connectivity index (χ2v) is 6.50. The minimum atomic E-state index is -0.389. The smallest absolute Gasteiger partial charge is 0.291 e. The molecule has 2 aromatic carbocycles. The Labute approximate surface area is 171 Å². The molecule has 2 N–H and O–H groups in total. The van der Waals surface area contributed by atoms with Crippen molar-refractivity contribution in [2.75, 3.05) is 10.6 Å². The SMILES string of the molecule is Cc1c(C(=O)Nc2cccc(NC(=O)c3ccco3)c2)cnn1-c1ccc(F)cc1. The maximum Gasteiger partial charge on any atom is 0.291 e. The first-order valence-corrected chi connectivity index (χ1v) is 9.08. The van der Waals surface area contributed by atoms with E-state index >= 15 is 0 Å². The summed E-state index contributed by atoms with van der Waals surface area (Å²) in [6.07, 6.45) is 2.87. The van der Waals surface area contributed by atoms with Gasteiger partial charge < -0.3 is 15.1 Å². The summed E-state index contributed by atoms with van der Waals surface area (Å²) in [6.45, 7) is 1.76. The maximum atomic E-state index is 13.1. The number of amides is 2. The Morgan fingerprint density at radius 3 is 2.33 bits per heavy atom. The number of hydrogen-bond acceptors (Lipinski definition) is 4. The van der Waals surface area contributed by atoms with Gasteiger partial charge in [0.25, 0.3) is 11.8 Å². The molecule has 30 heavy (non-hydrogen) atoms. The van der Waals surface area contributed by atoms with E-state index in [-0.39, 0.29) is 23.4 Å². The lowest BCUT2D eigenvalue weighted by Crippen LogP contribution is -2.14. The van der Waals surface area contributed by atoms with Crippen LogP contribution in [0.4, 0.5) is 15.8 Å². The van der Waals surface area contributed by atoms with Gasteiger partial charge in [0.05, 0.1) is 29.4 Å². The highest BCUT2D eigenvalue weighted by molar-refractivity contribution is 6.06. The molecule has 8 heteroatoms. The normalized spacial score (nSPS) is 10.6. The van der Waals surface area contributed by atoms with Crippen molar-refractivity contribution in [3.8, 4) is 5.69 Å². The summed E-state index contributed by atoms with van der Waals surface area (Å²) in [7, 11) is 0. The standard InChI is InChI=1S/C22H17FN4O3/c1-14-19(13-24-27(14)18-9-7-15(23)8-10-18)21(28)25-16-4-2-5-17(12-16)26-22(29)20-6-3-11-30-20/h2-13H,1H3,(H,25,28)(H,26,29). The van der Waals surface area contributed by atoms with Crippen molar-refractivity contribution in [2.24, 2.45) is 0 Å². The predicted octanol–water partition coefficient (Wildman–Crippen LogP) is 4.42. The Morgan fingerprint density at radius 2 is 1.67 bits per heavy atom. The molecular formula is C22H17FN4O3. The molecule has 0 atom stereocenters. The van der Waals surface area contributed by atoms with Crippen LogP contribution in [-0.2, 0) is 0 Å². The average molecular weight is 404 g/mol. The summed E-state index contributed by atoms with van der Waals surface area (Å²) in [6, 6.07) is 15.8. The molecule has 2 aromatic heterocycles. The molecule has 0 radical (unpaired) electrons. The molecule has 0 fully saturated rings. The number of benzene rings is 2. The molecular weight excluding hydrogens is 387 g/mol. The van der Waals surface area contributed by atoms with Crippen molar-refractivity contribution >= 4 is 23.2 Å². The Hall–Kier alpha value is -4.20. The van der Waals surface area contributed by atoms with Crippen LogP contribution in [0.2, 0.25) is 0 Å². The molecule has 0 unspecified atom stereocenters. The van der Waals surface area contributed by atoms with Gasteiger partial charge in [0.1, 0.15) is 5.82 Å². The van der Waals surface area contributed by atoms with Gasteiger partial charge in [-0.25, -0.2) is 9.07 Å². The third kappa shape index (κ3) is 3.97. The van der Waals surface area contributed by atoms with Crippen LogP contribution < -0.4 is 10.6 Å². The molecule has 0 aliphatic heterocycles. The first kappa shape index (κ1) is 19.1. The number of rotatable bonds is 5. The molecule has 2 amide bonds. The fraction of sp³-hybridized carbons (Fsp3) is 0.0455. The van der Waals surface area contributed by atoms with Crippen molar-refractivity contribution in [1.82, 2.24) is 9.78 Å².